The summed E-state index contributed by atoms with van der Waals surface area (Å²) in [5.74, 6) is 1.65. The molecule has 0 spiro atoms. The van der Waals surface area contributed by atoms with Gasteiger partial charge in [-0.1, -0.05) is 41.5 Å². The number of nitrogens with zero attached hydrogens (tertiary/aromatic N) is 3. The number of piperidine rings is 1. The number of oxazole rings is 1. The number of hydrogen-bond acceptors (Lipinski definition) is 6. The van der Waals surface area contributed by atoms with Crippen LogP contribution in [-0.4, -0.2) is 44.7 Å². The second kappa shape index (κ2) is 8.57. The summed E-state index contributed by atoms with van der Waals surface area (Å²) in [6.07, 6.45) is 6.21. The van der Waals surface area contributed by atoms with Gasteiger partial charge in [-0.3, -0.25) is 0 Å². The van der Waals surface area contributed by atoms with Crippen LogP contribution in [0.3, 0.4) is 0 Å². The van der Waals surface area contributed by atoms with Gasteiger partial charge in [-0.25, -0.2) is 14.8 Å². The highest BCUT2D eigenvalue weighted by Crippen LogP contribution is 2.34. The highest BCUT2D eigenvalue weighted by atomic mass is 32.1. The van der Waals surface area contributed by atoms with Crippen molar-refractivity contribution in [3.8, 4) is 0 Å². The van der Waals surface area contributed by atoms with E-state index in [9.17, 15) is 9.90 Å². The Morgan fingerprint density at radius 2 is 1.97 bits per heavy atom. The lowest BCUT2D eigenvalue weighted by atomic mass is 9.78. The molecule has 0 aromatic carbocycles. The Bertz CT molecular complexity index is 862. The van der Waals surface area contributed by atoms with Gasteiger partial charge in [-0.2, -0.15) is 0 Å². The first-order chi connectivity index (χ1) is 13.9. The van der Waals surface area contributed by atoms with Crippen molar-refractivity contribution in [1.29, 1.82) is 0 Å². The van der Waals surface area contributed by atoms with Gasteiger partial charge in [0.25, 0.3) is 0 Å². The fourth-order valence-corrected chi connectivity index (χ4v) is 4.96. The first kappa shape index (κ1) is 22.6. The number of nitrogens with one attached hydrogen (secondary N) is 1. The molecule has 7 nitrogen and oxygen atoms in total. The lowest BCUT2D eigenvalue weighted by molar-refractivity contribution is 0.0519. The minimum atomic E-state index is -0.846. The summed E-state index contributed by atoms with van der Waals surface area (Å²) >= 11 is 1.62. The van der Waals surface area contributed by atoms with Crippen LogP contribution in [0.1, 0.15) is 70.9 Å². The van der Waals surface area contributed by atoms with Gasteiger partial charge in [-0.05, 0) is 24.7 Å². The third-order valence-corrected chi connectivity index (χ3v) is 6.49. The molecule has 2 aromatic heterocycles. The second-order valence-corrected chi connectivity index (χ2v) is 11.3. The topological polar surface area (TPSA) is 91.5 Å². The predicted molar refractivity (Wildman–Crippen MR) is 119 cm³/mol. The molecule has 1 aliphatic rings. The van der Waals surface area contributed by atoms with Crippen LogP contribution < -0.4 is 5.32 Å². The molecule has 1 fully saturated rings. The van der Waals surface area contributed by atoms with Gasteiger partial charge in [0, 0.05) is 35.5 Å². The van der Waals surface area contributed by atoms with E-state index >= 15 is 0 Å². The number of hydrogen-bond donors (Lipinski definition) is 2. The largest absolute Gasteiger partial charge is 0.465 e. The highest BCUT2D eigenvalue weighted by Gasteiger charge is 2.42. The summed E-state index contributed by atoms with van der Waals surface area (Å²) in [4.78, 5) is 23.5. The lowest BCUT2D eigenvalue weighted by Crippen LogP contribution is -2.58. The number of aromatic nitrogens is 2. The second-order valence-electron chi connectivity index (χ2n) is 10.2. The Morgan fingerprint density at radius 3 is 2.57 bits per heavy atom. The minimum Gasteiger partial charge on any atom is -0.465 e. The number of likely N-dealkylation sites (tertiary alicyclic amines) is 1. The average molecular weight is 435 g/mol. The van der Waals surface area contributed by atoms with E-state index in [0.29, 0.717) is 6.54 Å². The molecule has 1 aliphatic heterocycles. The summed E-state index contributed by atoms with van der Waals surface area (Å²) in [6.45, 7) is 13.2. The fourth-order valence-electron chi connectivity index (χ4n) is 4.08. The van der Waals surface area contributed by atoms with Gasteiger partial charge in [0.05, 0.1) is 12.2 Å². The first-order valence-electron chi connectivity index (χ1n) is 10.6. The minimum absolute atomic E-state index is 0.0414. The monoisotopic (exact) mass is 434 g/mol. The molecule has 1 saturated heterocycles. The maximum atomic E-state index is 11.8. The summed E-state index contributed by atoms with van der Waals surface area (Å²) in [5, 5.41) is 14.0. The quantitative estimate of drug-likeness (QED) is 0.673. The molecule has 2 N–H and O–H groups in total. The van der Waals surface area contributed by atoms with Crippen molar-refractivity contribution in [3.05, 3.63) is 28.9 Å². The number of carbonyl (C=O) groups is 1. The average Bonchev–Trinajstić information content (AvgIpc) is 3.27. The van der Waals surface area contributed by atoms with E-state index < -0.39 is 6.09 Å². The SMILES string of the molecule is CC(C)(C)c1cnc(CCc2cnc(NC3CCCN(C(=O)O)C3C(C)(C)C)s2)o1. The molecule has 2 aromatic rings. The number of thiazole rings is 1. The third-order valence-electron chi connectivity index (χ3n) is 5.50. The number of rotatable bonds is 5. The molecule has 2 atom stereocenters. The number of aryl methyl sites for hydroxylation is 2. The Morgan fingerprint density at radius 1 is 1.23 bits per heavy atom. The third kappa shape index (κ3) is 5.33. The standard InChI is InChI=1S/C22H34N4O3S/c1-21(2,3)16-13-23-17(29-16)10-9-14-12-24-19(30-14)25-15-8-7-11-26(20(27)28)18(15)22(4,5)6/h12-13,15,18H,7-11H2,1-6H3,(H,24,25)(H,27,28). The van der Waals surface area contributed by atoms with Crippen molar-refractivity contribution in [1.82, 2.24) is 14.9 Å². The molecule has 166 valence electrons. The highest BCUT2D eigenvalue weighted by molar-refractivity contribution is 7.15. The maximum Gasteiger partial charge on any atom is 0.407 e. The molecule has 3 heterocycles. The zero-order valence-corrected chi connectivity index (χ0v) is 19.7. The van der Waals surface area contributed by atoms with Crippen LogP contribution in [0.15, 0.2) is 16.8 Å². The number of amides is 1. The maximum absolute atomic E-state index is 11.8. The Labute approximate surface area is 182 Å². The van der Waals surface area contributed by atoms with Crippen LogP contribution in [0.4, 0.5) is 9.93 Å². The Kier molecular flexibility index (Phi) is 6.45. The van der Waals surface area contributed by atoms with Crippen LogP contribution in [0.5, 0.6) is 0 Å². The van der Waals surface area contributed by atoms with Gasteiger partial charge in [-0.15, -0.1) is 11.3 Å². The van der Waals surface area contributed by atoms with Gasteiger partial charge >= 0.3 is 6.09 Å². The molecule has 30 heavy (non-hydrogen) atoms. The molecule has 0 saturated carbocycles. The molecule has 3 rings (SSSR count). The van der Waals surface area contributed by atoms with E-state index in [1.807, 2.05) is 12.4 Å². The molecule has 0 radical (unpaired) electrons. The fraction of sp³-hybridized carbons (Fsp3) is 0.682. The van der Waals surface area contributed by atoms with Crippen LogP contribution in [0.2, 0.25) is 0 Å². The molecular weight excluding hydrogens is 400 g/mol. The van der Waals surface area contributed by atoms with Crippen molar-refractivity contribution in [2.45, 2.75) is 84.7 Å². The molecule has 1 amide bonds. The van der Waals surface area contributed by atoms with E-state index in [-0.39, 0.29) is 22.9 Å². The first-order valence-corrected chi connectivity index (χ1v) is 11.4. The Balaban J connectivity index is 1.64. The zero-order chi connectivity index (χ0) is 22.1. The summed E-state index contributed by atoms with van der Waals surface area (Å²) in [6, 6.07) is -0.0471. The smallest absolute Gasteiger partial charge is 0.407 e. The van der Waals surface area contributed by atoms with Crippen molar-refractivity contribution < 1.29 is 14.3 Å². The van der Waals surface area contributed by atoms with Crippen molar-refractivity contribution in [2.75, 3.05) is 11.9 Å². The van der Waals surface area contributed by atoms with E-state index in [1.165, 1.54) is 0 Å². The van der Waals surface area contributed by atoms with E-state index in [1.54, 1.807) is 16.2 Å². The molecule has 2 unspecified atom stereocenters. The predicted octanol–water partition coefficient (Wildman–Crippen LogP) is 5.18. The number of carboxylic acid groups (broad SMARTS) is 1. The molecule has 0 bridgehead atoms. The van der Waals surface area contributed by atoms with Gasteiger partial charge in [0.1, 0.15) is 5.76 Å². The number of anilines is 1. The molecule has 0 aliphatic carbocycles. The molecular formula is C22H34N4O3S. The van der Waals surface area contributed by atoms with Crippen LogP contribution in [-0.2, 0) is 18.3 Å². The van der Waals surface area contributed by atoms with Gasteiger partial charge < -0.3 is 19.7 Å². The lowest BCUT2D eigenvalue weighted by Gasteiger charge is -2.46. The van der Waals surface area contributed by atoms with Gasteiger partial charge in [0.2, 0.25) is 0 Å². The van der Waals surface area contributed by atoms with Crippen LogP contribution in [0.25, 0.3) is 0 Å². The van der Waals surface area contributed by atoms with Crippen molar-refractivity contribution in [3.63, 3.8) is 0 Å². The van der Waals surface area contributed by atoms with E-state index in [4.69, 9.17) is 4.42 Å². The van der Waals surface area contributed by atoms with Crippen LogP contribution in [0, 0.1) is 5.41 Å². The molecule has 8 heteroatoms. The van der Waals surface area contributed by atoms with Crippen LogP contribution >= 0.6 is 11.3 Å². The summed E-state index contributed by atoms with van der Waals surface area (Å²) < 4.78 is 5.88. The Hall–Kier alpha value is -2.09. The zero-order valence-electron chi connectivity index (χ0n) is 18.9. The van der Waals surface area contributed by atoms with E-state index in [0.717, 1.165) is 47.3 Å². The summed E-state index contributed by atoms with van der Waals surface area (Å²) in [7, 11) is 0. The van der Waals surface area contributed by atoms with Gasteiger partial charge in [0.15, 0.2) is 11.0 Å². The van der Waals surface area contributed by atoms with Crippen molar-refractivity contribution >= 4 is 22.6 Å². The normalized spacial score (nSPS) is 20.4. The van der Waals surface area contributed by atoms with Crippen molar-refractivity contribution in [2.24, 2.45) is 5.41 Å². The summed E-state index contributed by atoms with van der Waals surface area (Å²) in [5.41, 5.74) is -0.202. The van der Waals surface area contributed by atoms with E-state index in [2.05, 4.69) is 56.8 Å².